The Morgan fingerprint density at radius 2 is 1.81 bits per heavy atom. The number of aromatic nitrogens is 1. The SMILES string of the molecule is C[C@@H](c1cc2cccc(Cl)c2nc1C(O)CO)N1Cc2ccccc2C1. The van der Waals surface area contributed by atoms with Gasteiger partial charge < -0.3 is 10.2 Å². The minimum atomic E-state index is -1.03. The first kappa shape index (κ1) is 17.4. The highest BCUT2D eigenvalue weighted by atomic mass is 35.5. The highest BCUT2D eigenvalue weighted by molar-refractivity contribution is 6.35. The molecule has 1 aliphatic heterocycles. The number of para-hydroxylation sites is 1. The zero-order chi connectivity index (χ0) is 18.3. The Hall–Kier alpha value is -1.98. The summed E-state index contributed by atoms with van der Waals surface area (Å²) < 4.78 is 0. The van der Waals surface area contributed by atoms with Crippen LogP contribution in [-0.2, 0) is 13.1 Å². The standard InChI is InChI=1S/C21H21ClN2O2/c1-13(24-10-15-5-2-3-6-16(15)11-24)17-9-14-7-4-8-18(22)20(14)23-21(17)19(26)12-25/h2-9,13,19,25-26H,10-12H2,1H3/t13-,19?/m0/s1. The molecule has 26 heavy (non-hydrogen) atoms. The number of rotatable bonds is 4. The predicted octanol–water partition coefficient (Wildman–Crippen LogP) is 3.99. The van der Waals surface area contributed by atoms with E-state index in [0.717, 1.165) is 24.0 Å². The van der Waals surface area contributed by atoms with E-state index in [1.165, 1.54) is 11.1 Å². The zero-order valence-corrected chi connectivity index (χ0v) is 15.3. The van der Waals surface area contributed by atoms with Crippen molar-refractivity contribution in [3.8, 4) is 0 Å². The summed E-state index contributed by atoms with van der Waals surface area (Å²) in [6, 6.07) is 16.2. The van der Waals surface area contributed by atoms with E-state index in [-0.39, 0.29) is 12.6 Å². The van der Waals surface area contributed by atoms with Crippen LogP contribution < -0.4 is 0 Å². The second kappa shape index (κ2) is 6.97. The molecule has 0 aliphatic carbocycles. The van der Waals surface area contributed by atoms with Crippen molar-refractivity contribution in [2.45, 2.75) is 32.2 Å². The minimum Gasteiger partial charge on any atom is -0.393 e. The highest BCUT2D eigenvalue weighted by Gasteiger charge is 2.27. The van der Waals surface area contributed by atoms with E-state index in [4.69, 9.17) is 11.6 Å². The molecular formula is C21H21ClN2O2. The Morgan fingerprint density at radius 1 is 1.12 bits per heavy atom. The second-order valence-electron chi connectivity index (χ2n) is 6.82. The molecule has 2 heterocycles. The van der Waals surface area contributed by atoms with Crippen LogP contribution >= 0.6 is 11.6 Å². The Bertz CT molecular complexity index is 935. The Balaban J connectivity index is 1.77. The van der Waals surface area contributed by atoms with Crippen molar-refractivity contribution in [1.29, 1.82) is 0 Å². The van der Waals surface area contributed by atoms with Crippen LogP contribution in [0.5, 0.6) is 0 Å². The van der Waals surface area contributed by atoms with Crippen molar-refractivity contribution < 1.29 is 10.2 Å². The molecule has 3 aromatic rings. The monoisotopic (exact) mass is 368 g/mol. The fourth-order valence-corrected chi connectivity index (χ4v) is 3.94. The van der Waals surface area contributed by atoms with Crippen molar-refractivity contribution in [2.24, 2.45) is 0 Å². The first-order chi connectivity index (χ1) is 12.6. The molecule has 0 amide bonds. The van der Waals surface area contributed by atoms with Gasteiger partial charge in [-0.2, -0.15) is 0 Å². The van der Waals surface area contributed by atoms with Crippen LogP contribution in [0.3, 0.4) is 0 Å². The Morgan fingerprint density at radius 3 is 2.46 bits per heavy atom. The lowest BCUT2D eigenvalue weighted by molar-refractivity contribution is 0.0896. The minimum absolute atomic E-state index is 0.0504. The number of benzene rings is 2. The third-order valence-corrected chi connectivity index (χ3v) is 5.51. The second-order valence-corrected chi connectivity index (χ2v) is 7.23. The largest absolute Gasteiger partial charge is 0.393 e. The first-order valence-electron chi connectivity index (χ1n) is 8.77. The van der Waals surface area contributed by atoms with Gasteiger partial charge in [-0.1, -0.05) is 48.0 Å². The maximum Gasteiger partial charge on any atom is 0.119 e. The van der Waals surface area contributed by atoms with Gasteiger partial charge in [-0.05, 0) is 35.7 Å². The summed E-state index contributed by atoms with van der Waals surface area (Å²) in [4.78, 5) is 6.97. The topological polar surface area (TPSA) is 56.6 Å². The van der Waals surface area contributed by atoms with Crippen molar-refractivity contribution >= 4 is 22.5 Å². The average molecular weight is 369 g/mol. The van der Waals surface area contributed by atoms with Crippen LogP contribution in [0.15, 0.2) is 48.5 Å². The number of aliphatic hydroxyl groups is 2. The molecule has 1 aliphatic rings. The van der Waals surface area contributed by atoms with Crippen LogP contribution in [0.25, 0.3) is 10.9 Å². The number of nitrogens with zero attached hydrogens (tertiary/aromatic N) is 2. The van der Waals surface area contributed by atoms with Crippen LogP contribution in [0, 0.1) is 0 Å². The molecule has 0 radical (unpaired) electrons. The fraction of sp³-hybridized carbons (Fsp3) is 0.286. The summed E-state index contributed by atoms with van der Waals surface area (Å²) >= 11 is 6.28. The number of hydrogen-bond donors (Lipinski definition) is 2. The van der Waals surface area contributed by atoms with Crippen molar-refractivity contribution in [1.82, 2.24) is 9.88 Å². The lowest BCUT2D eigenvalue weighted by Crippen LogP contribution is -2.23. The Kier molecular flexibility index (Phi) is 4.67. The van der Waals surface area contributed by atoms with Gasteiger partial charge in [0.1, 0.15) is 6.10 Å². The van der Waals surface area contributed by atoms with Crippen LogP contribution in [0.1, 0.15) is 41.5 Å². The number of pyridine rings is 1. The molecule has 2 aromatic carbocycles. The quantitative estimate of drug-likeness (QED) is 0.731. The van der Waals surface area contributed by atoms with Gasteiger partial charge in [0.2, 0.25) is 0 Å². The molecule has 0 bridgehead atoms. The van der Waals surface area contributed by atoms with Gasteiger partial charge in [-0.15, -0.1) is 0 Å². The molecular weight excluding hydrogens is 348 g/mol. The van der Waals surface area contributed by atoms with Gasteiger partial charge in [0.25, 0.3) is 0 Å². The molecule has 0 saturated carbocycles. The summed E-state index contributed by atoms with van der Waals surface area (Å²) in [6.45, 7) is 3.47. The number of aliphatic hydroxyl groups excluding tert-OH is 2. The maximum atomic E-state index is 10.4. The van der Waals surface area contributed by atoms with E-state index < -0.39 is 6.10 Å². The van der Waals surface area contributed by atoms with E-state index in [0.29, 0.717) is 16.2 Å². The van der Waals surface area contributed by atoms with E-state index in [2.05, 4.69) is 41.1 Å². The van der Waals surface area contributed by atoms with Crippen LogP contribution in [0.4, 0.5) is 0 Å². The molecule has 1 unspecified atom stereocenters. The van der Waals surface area contributed by atoms with E-state index in [9.17, 15) is 10.2 Å². The van der Waals surface area contributed by atoms with E-state index in [1.807, 2.05) is 18.2 Å². The molecule has 0 spiro atoms. The van der Waals surface area contributed by atoms with Gasteiger partial charge >= 0.3 is 0 Å². The van der Waals surface area contributed by atoms with E-state index >= 15 is 0 Å². The summed E-state index contributed by atoms with van der Waals surface area (Å²) in [6.07, 6.45) is -1.03. The molecule has 134 valence electrons. The number of halogens is 1. The van der Waals surface area contributed by atoms with Crippen molar-refractivity contribution in [2.75, 3.05) is 6.61 Å². The van der Waals surface area contributed by atoms with Gasteiger partial charge in [-0.25, -0.2) is 4.98 Å². The van der Waals surface area contributed by atoms with Gasteiger partial charge in [0.15, 0.2) is 0 Å². The molecule has 2 atom stereocenters. The average Bonchev–Trinajstić information content (AvgIpc) is 3.10. The fourth-order valence-electron chi connectivity index (χ4n) is 3.71. The predicted molar refractivity (Wildman–Crippen MR) is 103 cm³/mol. The summed E-state index contributed by atoms with van der Waals surface area (Å²) in [7, 11) is 0. The molecule has 1 aromatic heterocycles. The molecule has 0 saturated heterocycles. The Labute approximate surface area is 157 Å². The summed E-state index contributed by atoms with van der Waals surface area (Å²) in [5.41, 5.74) is 4.74. The molecule has 5 heteroatoms. The van der Waals surface area contributed by atoms with E-state index in [1.54, 1.807) is 6.07 Å². The zero-order valence-electron chi connectivity index (χ0n) is 14.6. The molecule has 0 fully saturated rings. The van der Waals surface area contributed by atoms with Crippen molar-refractivity contribution in [3.63, 3.8) is 0 Å². The van der Waals surface area contributed by atoms with Gasteiger partial charge in [-0.3, -0.25) is 4.90 Å². The smallest absolute Gasteiger partial charge is 0.119 e. The lowest BCUT2D eigenvalue weighted by Gasteiger charge is -2.27. The summed E-state index contributed by atoms with van der Waals surface area (Å²) in [5.74, 6) is 0. The third kappa shape index (κ3) is 2.99. The normalized spacial score (nSPS) is 16.6. The van der Waals surface area contributed by atoms with Gasteiger partial charge in [0.05, 0.1) is 22.8 Å². The van der Waals surface area contributed by atoms with Gasteiger partial charge in [0, 0.05) is 24.5 Å². The first-order valence-corrected chi connectivity index (χ1v) is 9.15. The lowest BCUT2D eigenvalue weighted by atomic mass is 9.99. The number of fused-ring (bicyclic) bond motifs is 2. The number of hydrogen-bond acceptors (Lipinski definition) is 4. The van der Waals surface area contributed by atoms with Crippen LogP contribution in [0.2, 0.25) is 5.02 Å². The molecule has 2 N–H and O–H groups in total. The molecule has 4 rings (SSSR count). The van der Waals surface area contributed by atoms with Crippen molar-refractivity contribution in [3.05, 3.63) is 75.9 Å². The maximum absolute atomic E-state index is 10.4. The summed E-state index contributed by atoms with van der Waals surface area (Å²) in [5, 5.41) is 21.3. The van der Waals surface area contributed by atoms with Crippen LogP contribution in [-0.4, -0.2) is 26.7 Å². The highest BCUT2D eigenvalue weighted by Crippen LogP contribution is 2.35. The third-order valence-electron chi connectivity index (χ3n) is 5.21. The molecule has 4 nitrogen and oxygen atoms in total.